The van der Waals surface area contributed by atoms with Gasteiger partial charge >= 0.3 is 0 Å². The van der Waals surface area contributed by atoms with Crippen LogP contribution < -0.4 is 0 Å². The normalized spacial score (nSPS) is 39.6. The van der Waals surface area contributed by atoms with Gasteiger partial charge in [0.2, 0.25) is 0 Å². The molecule has 10 rings (SSSR count). The van der Waals surface area contributed by atoms with Crippen molar-refractivity contribution in [1.82, 2.24) is 0 Å². The number of fused-ring (bicyclic) bond motifs is 5. The van der Waals surface area contributed by atoms with Crippen molar-refractivity contribution in [3.8, 4) is 0 Å². The summed E-state index contributed by atoms with van der Waals surface area (Å²) in [5.74, 6) is 11.2. The Labute approximate surface area is 471 Å². The molecule has 76 heavy (non-hydrogen) atoms. The van der Waals surface area contributed by atoms with Crippen molar-refractivity contribution in [3.05, 3.63) is 24.3 Å². The summed E-state index contributed by atoms with van der Waals surface area (Å²) in [5, 5.41) is 19.6. The molecular formula is C64H118O8Si4. The minimum atomic E-state index is -1.61. The van der Waals surface area contributed by atoms with Gasteiger partial charge in [0, 0.05) is 42.9 Å². The molecule has 0 radical (unpaired) electrons. The van der Waals surface area contributed by atoms with Crippen molar-refractivity contribution >= 4 is 45.3 Å². The zero-order valence-corrected chi connectivity index (χ0v) is 57.1. The van der Waals surface area contributed by atoms with Crippen molar-refractivity contribution in [2.75, 3.05) is 6.61 Å². The monoisotopic (exact) mass is 1130 g/mol. The summed E-state index contributed by atoms with van der Waals surface area (Å²) in [6.45, 7) is 52.6. The predicted molar refractivity (Wildman–Crippen MR) is 326 cm³/mol. The van der Waals surface area contributed by atoms with Gasteiger partial charge in [-0.1, -0.05) is 107 Å². The van der Waals surface area contributed by atoms with Gasteiger partial charge < -0.3 is 32.7 Å². The fourth-order valence-electron chi connectivity index (χ4n) is 14.1. The van der Waals surface area contributed by atoms with Gasteiger partial charge in [-0.15, -0.1) is 0 Å². The zero-order chi connectivity index (χ0) is 57.3. The molecule has 0 amide bonds. The predicted octanol–water partition coefficient (Wildman–Crippen LogP) is 16.1. The molecule has 0 aromatic heterocycles. The molecule has 0 aliphatic heterocycles. The molecule has 0 saturated heterocycles. The van der Waals surface area contributed by atoms with Crippen LogP contribution in [0.15, 0.2) is 24.3 Å². The number of hydrogen-bond donors (Lipinski definition) is 2. The number of carbonyl (C=O) groups is 2. The van der Waals surface area contributed by atoms with Crippen LogP contribution in [0.5, 0.6) is 0 Å². The molecule has 10 saturated carbocycles. The highest BCUT2D eigenvalue weighted by Crippen LogP contribution is 2.62. The van der Waals surface area contributed by atoms with Crippen LogP contribution in [-0.4, -0.2) is 92.7 Å². The second-order valence-electron chi connectivity index (χ2n) is 32.6. The van der Waals surface area contributed by atoms with E-state index in [0.717, 1.165) is 92.2 Å². The van der Waals surface area contributed by atoms with E-state index in [-0.39, 0.29) is 6.10 Å². The molecule has 12 heteroatoms. The van der Waals surface area contributed by atoms with Crippen molar-refractivity contribution in [2.24, 2.45) is 88.8 Å². The third kappa shape index (κ3) is 15.2. The van der Waals surface area contributed by atoms with Crippen LogP contribution in [0.4, 0.5) is 0 Å². The lowest BCUT2D eigenvalue weighted by Crippen LogP contribution is -2.43. The number of carbonyl (C=O) groups excluding carboxylic acids is 2. The largest absolute Gasteiger partial charge is 0.414 e. The van der Waals surface area contributed by atoms with Crippen LogP contribution in [0, 0.1) is 88.8 Å². The summed E-state index contributed by atoms with van der Waals surface area (Å²) in [7, 11) is -6.32. The standard InChI is InChI=1S/C15H28OSi.C14H26O2Si.C13H26O2Si.C13H24O2Si.C9H14O/c1-7-8-12-13-9-11(10-14(12)13)16-17(5,6)15(2,3)4;1-9(15)13-11-7-10(8-12(11)13)16-17(5,6)14(2,3)4;2*1-13(2,3)16(4,5)15-9-6-10-11(7-9)12(10)8-14;1-2-3-7-8-4-6(10)5-9(7)8/h7-8,11-14H,9-10H2,1-6H3;10-13H,7-8H2,1-6H3;9-12,14H,6-8H2,1-5H3;8-12H,6-7H2,1-5H3;2-3,6-10H,4-5H2,1H3/t11?,12?,13-,14+;10?,11-,12+,13?;2*9?,10-,11+,12?;6?,7?,8-,9+. The quantitative estimate of drug-likeness (QED) is 0.107. The molecular weight excluding hydrogens is 1010 g/mol. The van der Waals surface area contributed by atoms with Gasteiger partial charge in [0.25, 0.3) is 0 Å². The van der Waals surface area contributed by atoms with Crippen LogP contribution in [-0.2, 0) is 27.3 Å². The van der Waals surface area contributed by atoms with Gasteiger partial charge in [-0.3, -0.25) is 4.79 Å². The molecule has 10 aliphatic carbocycles. The first-order valence-corrected chi connectivity index (χ1v) is 42.6. The molecule has 10 fully saturated rings. The Morgan fingerprint density at radius 3 is 0.934 bits per heavy atom. The van der Waals surface area contributed by atoms with Crippen molar-refractivity contribution < 1.29 is 37.5 Å². The van der Waals surface area contributed by atoms with E-state index in [1.165, 1.54) is 25.7 Å². The van der Waals surface area contributed by atoms with E-state index in [9.17, 15) is 14.7 Å². The summed E-state index contributed by atoms with van der Waals surface area (Å²) in [6.07, 6.45) is 23.8. The number of rotatable bonds is 13. The number of aldehydes is 1. The van der Waals surface area contributed by atoms with Gasteiger partial charge in [-0.25, -0.2) is 0 Å². The average Bonchev–Trinajstić information content (AvgIpc) is 4.22. The van der Waals surface area contributed by atoms with E-state index in [0.29, 0.717) is 98.4 Å². The number of ketones is 1. The summed E-state index contributed by atoms with van der Waals surface area (Å²) in [5.41, 5.74) is 0. The minimum absolute atomic E-state index is 0.0245. The highest BCUT2D eigenvalue weighted by molar-refractivity contribution is 6.75. The Bertz CT molecular complexity index is 1960. The molecule has 8 nitrogen and oxygen atoms in total. The topological polar surface area (TPSA) is 112 Å². The summed E-state index contributed by atoms with van der Waals surface area (Å²) in [6, 6.07) is 0. The number of hydrogen-bond acceptors (Lipinski definition) is 8. The SMILES string of the molecule is CC(=O)C1[C@H]2CC(O[Si](C)(C)C(C)(C)C)C[C@@H]12.CC(C)(C)[Si](C)(C)OC1C[C@@H]2C(C=O)[C@@H]2C1.CC(C)(C)[Si](C)(C)OC1C[C@@H]2C(CO)[C@@H]2C1.CC=CC1[C@H]2CC(O)C[C@@H]12.CC=CC1[C@H]2CC(O[Si](C)(C)C(C)(C)C)C[C@@H]12. The van der Waals surface area contributed by atoms with E-state index in [4.69, 9.17) is 22.8 Å². The first-order valence-electron chi connectivity index (χ1n) is 31.0. The van der Waals surface area contributed by atoms with E-state index in [2.05, 4.69) is 174 Å². The second-order valence-corrected chi connectivity index (χ2v) is 51.6. The van der Waals surface area contributed by atoms with Gasteiger partial charge in [0.05, 0.1) is 6.10 Å². The Hall–Kier alpha value is -0.552. The fraction of sp³-hybridized carbons (Fsp3) is 0.906. The molecule has 0 aromatic carbocycles. The molecule has 10 unspecified atom stereocenters. The molecule has 10 aliphatic rings. The lowest BCUT2D eigenvalue weighted by atomic mass is 10.1. The van der Waals surface area contributed by atoms with Gasteiger partial charge in [-0.2, -0.15) is 0 Å². The molecule has 0 heterocycles. The van der Waals surface area contributed by atoms with Crippen LogP contribution in [0.25, 0.3) is 0 Å². The Kier molecular flexibility index (Phi) is 20.1. The first-order chi connectivity index (χ1) is 34.7. The van der Waals surface area contributed by atoms with Crippen molar-refractivity contribution in [3.63, 3.8) is 0 Å². The first kappa shape index (κ1) is 64.6. The van der Waals surface area contributed by atoms with E-state index >= 15 is 0 Å². The minimum Gasteiger partial charge on any atom is -0.414 e. The Balaban J connectivity index is 0.000000155. The van der Waals surface area contributed by atoms with E-state index < -0.39 is 33.3 Å². The lowest BCUT2D eigenvalue weighted by molar-refractivity contribution is -0.119. The van der Waals surface area contributed by atoms with E-state index in [1.54, 1.807) is 6.92 Å². The maximum Gasteiger partial charge on any atom is 0.192 e. The molecule has 2 N–H and O–H groups in total. The van der Waals surface area contributed by atoms with Crippen molar-refractivity contribution in [2.45, 2.75) is 271 Å². The maximum atomic E-state index is 11.3. The summed E-state index contributed by atoms with van der Waals surface area (Å²) < 4.78 is 25.7. The smallest absolute Gasteiger partial charge is 0.192 e. The molecule has 20 atom stereocenters. The second kappa shape index (κ2) is 23.6. The molecule has 438 valence electrons. The number of aliphatic hydroxyl groups excluding tert-OH is 2. The number of aliphatic hydroxyl groups is 2. The van der Waals surface area contributed by atoms with Crippen LogP contribution in [0.1, 0.15) is 168 Å². The highest BCUT2D eigenvalue weighted by atomic mass is 28.4. The third-order valence-corrected chi connectivity index (χ3v) is 41.3. The zero-order valence-electron chi connectivity index (χ0n) is 53.1. The fourth-order valence-corrected chi connectivity index (χ4v) is 19.6. The number of allylic oxidation sites excluding steroid dienone is 4. The molecule has 0 aromatic rings. The highest BCUT2D eigenvalue weighted by Gasteiger charge is 2.61. The van der Waals surface area contributed by atoms with Gasteiger partial charge in [0.1, 0.15) is 12.1 Å². The Morgan fingerprint density at radius 2 is 0.697 bits per heavy atom. The van der Waals surface area contributed by atoms with Crippen LogP contribution >= 0.6 is 0 Å². The average molecular weight is 1130 g/mol. The van der Waals surface area contributed by atoms with Crippen LogP contribution in [0.3, 0.4) is 0 Å². The summed E-state index contributed by atoms with van der Waals surface area (Å²) in [4.78, 5) is 22.0. The van der Waals surface area contributed by atoms with Crippen LogP contribution in [0.2, 0.25) is 72.5 Å². The Morgan fingerprint density at radius 1 is 0.447 bits per heavy atom. The maximum absolute atomic E-state index is 11.3. The molecule has 0 bridgehead atoms. The van der Waals surface area contributed by atoms with Crippen molar-refractivity contribution in [1.29, 1.82) is 0 Å². The lowest BCUT2D eigenvalue weighted by Gasteiger charge is -2.39. The summed E-state index contributed by atoms with van der Waals surface area (Å²) >= 11 is 0. The third-order valence-electron chi connectivity index (χ3n) is 23.1. The van der Waals surface area contributed by atoms with Gasteiger partial charge in [-0.05, 0) is 234 Å². The van der Waals surface area contributed by atoms with Gasteiger partial charge in [0.15, 0.2) is 33.3 Å². The number of Topliss-reactive ketones (excluding diaryl/α,β-unsaturated/α-hetero) is 1. The molecule has 0 spiro atoms. The van der Waals surface area contributed by atoms with E-state index in [1.807, 2.05) is 0 Å².